The third-order valence-corrected chi connectivity index (χ3v) is 3.66. The highest BCUT2D eigenvalue weighted by atomic mass is 16.4. The molecule has 0 spiro atoms. The van der Waals surface area contributed by atoms with E-state index in [0.717, 1.165) is 18.5 Å². The molecule has 2 N–H and O–H groups in total. The van der Waals surface area contributed by atoms with Gasteiger partial charge in [0.25, 0.3) is 0 Å². The molecule has 5 nitrogen and oxygen atoms in total. The largest absolute Gasteiger partial charge is 0.480 e. The van der Waals surface area contributed by atoms with E-state index >= 15 is 0 Å². The highest BCUT2D eigenvalue weighted by molar-refractivity contribution is 5.95. The van der Waals surface area contributed by atoms with Crippen LogP contribution in [0.25, 0.3) is 0 Å². The molecule has 1 aromatic rings. The first-order valence-corrected chi connectivity index (χ1v) is 6.39. The van der Waals surface area contributed by atoms with Crippen LogP contribution in [0.5, 0.6) is 0 Å². The number of hydrogen-bond donors (Lipinski definition) is 2. The molecule has 2 amide bonds. The highest BCUT2D eigenvalue weighted by Gasteiger charge is 2.43. The number of hydrogen-bond acceptors (Lipinski definition) is 2. The normalized spacial score (nSPS) is 16.9. The summed E-state index contributed by atoms with van der Waals surface area (Å²) in [5.41, 5.74) is -0.362. The second kappa shape index (κ2) is 5.30. The second-order valence-corrected chi connectivity index (χ2v) is 4.92. The van der Waals surface area contributed by atoms with Crippen LogP contribution in [0, 0.1) is 0 Å². The first-order chi connectivity index (χ1) is 9.05. The van der Waals surface area contributed by atoms with E-state index in [1.54, 1.807) is 7.05 Å². The molecule has 1 aliphatic carbocycles. The van der Waals surface area contributed by atoms with E-state index in [1.807, 2.05) is 30.3 Å². The molecule has 0 unspecified atom stereocenters. The van der Waals surface area contributed by atoms with Crippen LogP contribution < -0.4 is 10.2 Å². The molecule has 19 heavy (non-hydrogen) atoms. The molecule has 5 heteroatoms. The predicted octanol–water partition coefficient (Wildman–Crippen LogP) is 2.23. The fourth-order valence-electron chi connectivity index (χ4n) is 2.43. The average molecular weight is 262 g/mol. The van der Waals surface area contributed by atoms with Gasteiger partial charge in [-0.2, -0.15) is 0 Å². The molecule has 2 rings (SSSR count). The molecular weight excluding hydrogens is 244 g/mol. The maximum Gasteiger partial charge on any atom is 0.329 e. The summed E-state index contributed by atoms with van der Waals surface area (Å²) in [6.45, 7) is 0. The lowest BCUT2D eigenvalue weighted by atomic mass is 9.98. The van der Waals surface area contributed by atoms with Gasteiger partial charge in [-0.1, -0.05) is 31.0 Å². The Morgan fingerprint density at radius 2 is 1.79 bits per heavy atom. The Bertz CT molecular complexity index is 467. The standard InChI is InChI=1S/C14H18N2O3/c1-16(11-7-3-2-4-8-11)13(19)15-14(12(17)18)9-5-6-10-14/h2-4,7-8H,5-6,9-10H2,1H3,(H,15,19)(H,17,18). The van der Waals surface area contributed by atoms with Crippen LogP contribution in [-0.2, 0) is 4.79 Å². The van der Waals surface area contributed by atoms with Crippen molar-refractivity contribution in [2.45, 2.75) is 31.2 Å². The number of carboxylic acids is 1. The fraction of sp³-hybridized carbons (Fsp3) is 0.429. The Labute approximate surface area is 112 Å². The van der Waals surface area contributed by atoms with Gasteiger partial charge in [0.1, 0.15) is 5.54 Å². The fourth-order valence-corrected chi connectivity index (χ4v) is 2.43. The number of benzene rings is 1. The van der Waals surface area contributed by atoms with Crippen molar-refractivity contribution < 1.29 is 14.7 Å². The Balaban J connectivity index is 2.10. The smallest absolute Gasteiger partial charge is 0.329 e. The summed E-state index contributed by atoms with van der Waals surface area (Å²) in [4.78, 5) is 25.0. The van der Waals surface area contributed by atoms with Crippen molar-refractivity contribution in [3.05, 3.63) is 30.3 Å². The van der Waals surface area contributed by atoms with Crippen LogP contribution in [0.1, 0.15) is 25.7 Å². The highest BCUT2D eigenvalue weighted by Crippen LogP contribution is 2.30. The van der Waals surface area contributed by atoms with E-state index in [1.165, 1.54) is 4.90 Å². The summed E-state index contributed by atoms with van der Waals surface area (Å²) in [7, 11) is 1.63. The molecule has 0 aliphatic heterocycles. The third kappa shape index (κ3) is 2.70. The minimum absolute atomic E-state index is 0.379. The molecule has 0 atom stereocenters. The van der Waals surface area contributed by atoms with Gasteiger partial charge in [0.05, 0.1) is 0 Å². The number of para-hydroxylation sites is 1. The van der Waals surface area contributed by atoms with Gasteiger partial charge < -0.3 is 10.4 Å². The van der Waals surface area contributed by atoms with E-state index in [9.17, 15) is 14.7 Å². The number of nitrogens with zero attached hydrogens (tertiary/aromatic N) is 1. The zero-order valence-electron chi connectivity index (χ0n) is 10.9. The summed E-state index contributed by atoms with van der Waals surface area (Å²) in [6, 6.07) is 8.77. The van der Waals surface area contributed by atoms with Crippen LogP contribution >= 0.6 is 0 Å². The maximum atomic E-state index is 12.2. The van der Waals surface area contributed by atoms with Crippen molar-refractivity contribution in [3.63, 3.8) is 0 Å². The minimum Gasteiger partial charge on any atom is -0.480 e. The molecule has 0 radical (unpaired) electrons. The summed E-state index contributed by atoms with van der Waals surface area (Å²) < 4.78 is 0. The Morgan fingerprint density at radius 3 is 2.32 bits per heavy atom. The van der Waals surface area contributed by atoms with Crippen LogP contribution in [0.4, 0.5) is 10.5 Å². The van der Waals surface area contributed by atoms with Crippen molar-refractivity contribution in [3.8, 4) is 0 Å². The molecule has 0 heterocycles. The predicted molar refractivity (Wildman–Crippen MR) is 72.2 cm³/mol. The second-order valence-electron chi connectivity index (χ2n) is 4.92. The number of rotatable bonds is 3. The topological polar surface area (TPSA) is 69.6 Å². The van der Waals surface area contributed by atoms with Crippen LogP contribution in [0.2, 0.25) is 0 Å². The monoisotopic (exact) mass is 262 g/mol. The molecule has 0 saturated heterocycles. The van der Waals surface area contributed by atoms with Gasteiger partial charge in [0.15, 0.2) is 0 Å². The number of aliphatic carboxylic acids is 1. The number of carbonyl (C=O) groups excluding carboxylic acids is 1. The first-order valence-electron chi connectivity index (χ1n) is 6.39. The number of carbonyl (C=O) groups is 2. The lowest BCUT2D eigenvalue weighted by Gasteiger charge is -2.28. The summed E-state index contributed by atoms with van der Waals surface area (Å²) in [5, 5.41) is 12.0. The summed E-state index contributed by atoms with van der Waals surface area (Å²) in [6.07, 6.45) is 2.66. The van der Waals surface area contributed by atoms with Gasteiger partial charge in [0.2, 0.25) is 0 Å². The SMILES string of the molecule is CN(C(=O)NC1(C(=O)O)CCCC1)c1ccccc1. The zero-order valence-corrected chi connectivity index (χ0v) is 10.9. The van der Waals surface area contributed by atoms with Crippen molar-refractivity contribution >= 4 is 17.7 Å². The quantitative estimate of drug-likeness (QED) is 0.877. The molecule has 1 aliphatic rings. The van der Waals surface area contributed by atoms with Crippen molar-refractivity contribution in [1.29, 1.82) is 0 Å². The molecule has 1 aromatic carbocycles. The minimum atomic E-state index is -1.10. The van der Waals surface area contributed by atoms with Crippen molar-refractivity contribution in [1.82, 2.24) is 5.32 Å². The number of anilines is 1. The zero-order chi connectivity index (χ0) is 13.9. The van der Waals surface area contributed by atoms with Gasteiger partial charge in [-0.15, -0.1) is 0 Å². The average Bonchev–Trinajstić information content (AvgIpc) is 2.88. The van der Waals surface area contributed by atoms with Crippen LogP contribution in [0.15, 0.2) is 30.3 Å². The number of nitrogens with one attached hydrogen (secondary N) is 1. The van der Waals surface area contributed by atoms with E-state index in [-0.39, 0.29) is 6.03 Å². The van der Waals surface area contributed by atoms with Gasteiger partial charge in [-0.25, -0.2) is 9.59 Å². The molecular formula is C14H18N2O3. The third-order valence-electron chi connectivity index (χ3n) is 3.66. The summed E-state index contributed by atoms with van der Waals surface area (Å²) >= 11 is 0. The Kier molecular flexibility index (Phi) is 3.74. The van der Waals surface area contributed by atoms with Crippen molar-refractivity contribution in [2.24, 2.45) is 0 Å². The van der Waals surface area contributed by atoms with E-state index in [0.29, 0.717) is 12.8 Å². The number of urea groups is 1. The van der Waals surface area contributed by atoms with Crippen molar-refractivity contribution in [2.75, 3.05) is 11.9 Å². The molecule has 0 aromatic heterocycles. The van der Waals surface area contributed by atoms with Crippen LogP contribution in [0.3, 0.4) is 0 Å². The number of amides is 2. The molecule has 1 saturated carbocycles. The van der Waals surface area contributed by atoms with E-state index in [4.69, 9.17) is 0 Å². The first kappa shape index (κ1) is 13.4. The Hall–Kier alpha value is -2.04. The lowest BCUT2D eigenvalue weighted by Crippen LogP contribution is -2.55. The van der Waals surface area contributed by atoms with Gasteiger partial charge in [0, 0.05) is 12.7 Å². The summed E-state index contributed by atoms with van der Waals surface area (Å²) in [5.74, 6) is -0.945. The molecule has 1 fully saturated rings. The molecule has 102 valence electrons. The maximum absolute atomic E-state index is 12.2. The molecule has 0 bridgehead atoms. The Morgan fingerprint density at radius 1 is 1.21 bits per heavy atom. The van der Waals surface area contributed by atoms with Gasteiger partial charge in [-0.3, -0.25) is 4.90 Å². The van der Waals surface area contributed by atoms with Gasteiger partial charge in [-0.05, 0) is 25.0 Å². The number of carboxylic acid groups (broad SMARTS) is 1. The van der Waals surface area contributed by atoms with E-state index < -0.39 is 11.5 Å². The van der Waals surface area contributed by atoms with Gasteiger partial charge >= 0.3 is 12.0 Å². The lowest BCUT2D eigenvalue weighted by molar-refractivity contribution is -0.144. The van der Waals surface area contributed by atoms with Crippen LogP contribution in [-0.4, -0.2) is 29.7 Å². The van der Waals surface area contributed by atoms with E-state index in [2.05, 4.69) is 5.32 Å².